The van der Waals surface area contributed by atoms with E-state index in [1.54, 1.807) is 11.0 Å². The number of aliphatic carboxylic acids is 1. The Morgan fingerprint density at radius 2 is 2.00 bits per heavy atom. The first-order chi connectivity index (χ1) is 10.1. The van der Waals surface area contributed by atoms with Gasteiger partial charge in [0.15, 0.2) is 0 Å². The number of aromatic nitrogens is 2. The van der Waals surface area contributed by atoms with E-state index >= 15 is 0 Å². The van der Waals surface area contributed by atoms with Crippen LogP contribution in [0, 0.1) is 0 Å². The van der Waals surface area contributed by atoms with Crippen molar-refractivity contribution >= 4 is 11.9 Å². The number of methoxy groups -OCH3 is 2. The second kappa shape index (κ2) is 6.15. The Hall–Kier alpha value is -2.05. The van der Waals surface area contributed by atoms with Crippen LogP contribution in [0.3, 0.4) is 0 Å². The minimum atomic E-state index is -0.938. The second-order valence-electron chi connectivity index (χ2n) is 5.09. The molecule has 1 fully saturated rings. The molecular weight excluding hydrogens is 274 g/mol. The van der Waals surface area contributed by atoms with E-state index < -0.39 is 11.5 Å². The predicted molar refractivity (Wildman–Crippen MR) is 77.0 cm³/mol. The van der Waals surface area contributed by atoms with Crippen LogP contribution in [0.5, 0.6) is 11.8 Å². The third kappa shape index (κ3) is 2.72. The Morgan fingerprint density at radius 1 is 1.38 bits per heavy atom. The first-order valence-electron chi connectivity index (χ1n) is 7.05. The lowest BCUT2D eigenvalue weighted by Crippen LogP contribution is -2.51. The molecule has 116 valence electrons. The Kier molecular flexibility index (Phi) is 4.50. The van der Waals surface area contributed by atoms with Gasteiger partial charge in [-0.15, -0.1) is 0 Å². The van der Waals surface area contributed by atoms with E-state index in [2.05, 4.69) is 9.97 Å². The molecule has 1 aromatic rings. The second-order valence-corrected chi connectivity index (χ2v) is 5.09. The predicted octanol–water partition coefficient (Wildman–Crippen LogP) is 1.72. The summed E-state index contributed by atoms with van der Waals surface area (Å²) in [7, 11) is 3.01. The maximum Gasteiger partial charge on any atom is 0.329 e. The van der Waals surface area contributed by atoms with Crippen LogP contribution in [-0.2, 0) is 4.79 Å². The van der Waals surface area contributed by atoms with E-state index in [0.717, 1.165) is 12.8 Å². The molecule has 0 radical (unpaired) electrons. The lowest BCUT2D eigenvalue weighted by molar-refractivity contribution is -0.143. The van der Waals surface area contributed by atoms with Gasteiger partial charge in [-0.3, -0.25) is 0 Å². The van der Waals surface area contributed by atoms with Gasteiger partial charge in [0.2, 0.25) is 17.7 Å². The van der Waals surface area contributed by atoms with Gasteiger partial charge in [0.1, 0.15) is 5.54 Å². The van der Waals surface area contributed by atoms with Crippen LogP contribution in [0.1, 0.15) is 32.6 Å². The minimum absolute atomic E-state index is 0.347. The highest BCUT2D eigenvalue weighted by Gasteiger charge is 2.48. The zero-order chi connectivity index (χ0) is 15.5. The first-order valence-corrected chi connectivity index (χ1v) is 7.05. The van der Waals surface area contributed by atoms with Crippen LogP contribution in [0.4, 0.5) is 5.95 Å². The normalized spacial score (nSPS) is 21.4. The van der Waals surface area contributed by atoms with Crippen molar-refractivity contribution in [3.8, 4) is 11.8 Å². The molecule has 1 saturated heterocycles. The van der Waals surface area contributed by atoms with Gasteiger partial charge in [-0.2, -0.15) is 9.97 Å². The van der Waals surface area contributed by atoms with E-state index in [0.29, 0.717) is 37.1 Å². The Morgan fingerprint density at radius 3 is 2.48 bits per heavy atom. The van der Waals surface area contributed by atoms with E-state index in [1.165, 1.54) is 14.2 Å². The lowest BCUT2D eigenvalue weighted by atomic mass is 9.91. The molecule has 2 rings (SSSR count). The van der Waals surface area contributed by atoms with Gasteiger partial charge < -0.3 is 19.5 Å². The maximum atomic E-state index is 11.8. The van der Waals surface area contributed by atoms with E-state index in [-0.39, 0.29) is 0 Å². The maximum absolute atomic E-state index is 11.8. The summed E-state index contributed by atoms with van der Waals surface area (Å²) in [5.41, 5.74) is -0.938. The smallest absolute Gasteiger partial charge is 0.329 e. The molecule has 7 heteroatoms. The monoisotopic (exact) mass is 295 g/mol. The Labute approximate surface area is 123 Å². The highest BCUT2D eigenvalue weighted by Crippen LogP contribution is 2.37. The Balaban J connectivity index is 2.45. The number of ether oxygens (including phenoxy) is 2. The molecule has 1 atom stereocenters. The third-order valence-corrected chi connectivity index (χ3v) is 3.88. The number of carboxylic acid groups (broad SMARTS) is 1. The summed E-state index contributed by atoms with van der Waals surface area (Å²) in [4.78, 5) is 22.2. The number of nitrogens with zero attached hydrogens (tertiary/aromatic N) is 3. The summed E-state index contributed by atoms with van der Waals surface area (Å²) >= 11 is 0. The van der Waals surface area contributed by atoms with Crippen molar-refractivity contribution in [1.82, 2.24) is 9.97 Å². The molecule has 1 N–H and O–H groups in total. The van der Waals surface area contributed by atoms with Crippen molar-refractivity contribution in [2.24, 2.45) is 0 Å². The van der Waals surface area contributed by atoms with Crippen molar-refractivity contribution < 1.29 is 19.4 Å². The van der Waals surface area contributed by atoms with Crippen LogP contribution in [-0.4, -0.2) is 47.3 Å². The van der Waals surface area contributed by atoms with Crippen LogP contribution in [0.2, 0.25) is 0 Å². The number of carboxylic acids is 1. The fourth-order valence-electron chi connectivity index (χ4n) is 2.90. The standard InChI is InChI=1S/C14H21N3O4/c1-4-6-14(12(18)19)7-5-8-17(14)13-15-10(20-2)9-11(16-13)21-3/h9H,4-8H2,1-3H3,(H,18,19). The van der Waals surface area contributed by atoms with Gasteiger partial charge in [-0.1, -0.05) is 13.3 Å². The summed E-state index contributed by atoms with van der Waals surface area (Å²) in [6.45, 7) is 2.59. The molecule has 0 aliphatic carbocycles. The van der Waals surface area contributed by atoms with Crippen LogP contribution in [0.25, 0.3) is 0 Å². The fraction of sp³-hybridized carbons (Fsp3) is 0.643. The molecule has 1 aliphatic heterocycles. The van der Waals surface area contributed by atoms with Gasteiger partial charge >= 0.3 is 5.97 Å². The lowest BCUT2D eigenvalue weighted by Gasteiger charge is -2.34. The molecule has 0 saturated carbocycles. The molecule has 1 unspecified atom stereocenters. The molecule has 21 heavy (non-hydrogen) atoms. The molecule has 2 heterocycles. The summed E-state index contributed by atoms with van der Waals surface area (Å²) in [6.07, 6.45) is 2.74. The van der Waals surface area contributed by atoms with E-state index in [9.17, 15) is 9.90 Å². The third-order valence-electron chi connectivity index (χ3n) is 3.88. The van der Waals surface area contributed by atoms with Crippen LogP contribution < -0.4 is 14.4 Å². The summed E-state index contributed by atoms with van der Waals surface area (Å²) in [6, 6.07) is 1.57. The largest absolute Gasteiger partial charge is 0.481 e. The van der Waals surface area contributed by atoms with Crippen molar-refractivity contribution in [3.05, 3.63) is 6.07 Å². The fourth-order valence-corrected chi connectivity index (χ4v) is 2.90. The van der Waals surface area contributed by atoms with Gasteiger partial charge in [-0.05, 0) is 19.3 Å². The zero-order valence-corrected chi connectivity index (χ0v) is 12.6. The number of rotatable bonds is 6. The zero-order valence-electron chi connectivity index (χ0n) is 12.6. The molecule has 1 aromatic heterocycles. The molecule has 0 spiro atoms. The number of carbonyl (C=O) groups is 1. The molecule has 7 nitrogen and oxygen atoms in total. The van der Waals surface area contributed by atoms with Gasteiger partial charge in [0, 0.05) is 6.54 Å². The summed E-state index contributed by atoms with van der Waals surface area (Å²) in [5.74, 6) is 0.242. The average Bonchev–Trinajstić information content (AvgIpc) is 2.92. The molecule has 0 bridgehead atoms. The van der Waals surface area contributed by atoms with Crippen LogP contribution in [0.15, 0.2) is 6.07 Å². The number of hydrogen-bond acceptors (Lipinski definition) is 6. The highest BCUT2D eigenvalue weighted by atomic mass is 16.5. The molecule has 1 aliphatic rings. The molecular formula is C14H21N3O4. The Bertz CT molecular complexity index is 501. The molecule has 0 aromatic carbocycles. The van der Waals surface area contributed by atoms with E-state index in [1.807, 2.05) is 6.92 Å². The SMILES string of the molecule is CCCC1(C(=O)O)CCCN1c1nc(OC)cc(OC)n1. The van der Waals surface area contributed by atoms with Crippen molar-refractivity contribution in [2.45, 2.75) is 38.1 Å². The number of anilines is 1. The van der Waals surface area contributed by atoms with E-state index in [4.69, 9.17) is 9.47 Å². The summed E-state index contributed by atoms with van der Waals surface area (Å²) < 4.78 is 10.3. The summed E-state index contributed by atoms with van der Waals surface area (Å²) in [5, 5.41) is 9.72. The average molecular weight is 295 g/mol. The topological polar surface area (TPSA) is 84.8 Å². The van der Waals surface area contributed by atoms with Crippen molar-refractivity contribution in [2.75, 3.05) is 25.7 Å². The van der Waals surface area contributed by atoms with Crippen LogP contribution >= 0.6 is 0 Å². The van der Waals surface area contributed by atoms with Gasteiger partial charge in [-0.25, -0.2) is 4.79 Å². The highest BCUT2D eigenvalue weighted by molar-refractivity contribution is 5.83. The van der Waals surface area contributed by atoms with Crippen molar-refractivity contribution in [3.63, 3.8) is 0 Å². The van der Waals surface area contributed by atoms with Crippen molar-refractivity contribution in [1.29, 1.82) is 0 Å². The van der Waals surface area contributed by atoms with Gasteiger partial charge in [0.05, 0.1) is 20.3 Å². The first kappa shape index (κ1) is 15.3. The minimum Gasteiger partial charge on any atom is -0.481 e. The number of hydrogen-bond donors (Lipinski definition) is 1. The quantitative estimate of drug-likeness (QED) is 0.855. The van der Waals surface area contributed by atoms with Gasteiger partial charge in [0.25, 0.3) is 0 Å². The molecule has 0 amide bonds.